The number of fused-ring (bicyclic) bond motifs is 1. The summed E-state index contributed by atoms with van der Waals surface area (Å²) in [7, 11) is 1.72. The smallest absolute Gasteiger partial charge is 0.134 e. The quantitative estimate of drug-likeness (QED) is 0.634. The SMILES string of the molecule is COc1ccc(N2CCN(C3CCCN(Cc4cc5ccccc5o4)C3)CC2)cc1. The summed E-state index contributed by atoms with van der Waals surface area (Å²) in [6.45, 7) is 7.67. The van der Waals surface area contributed by atoms with Crippen LogP contribution < -0.4 is 9.64 Å². The average molecular weight is 406 g/mol. The monoisotopic (exact) mass is 405 g/mol. The Kier molecular flexibility index (Phi) is 5.65. The van der Waals surface area contributed by atoms with Crippen molar-refractivity contribution in [3.8, 4) is 5.75 Å². The van der Waals surface area contributed by atoms with Gasteiger partial charge in [-0.25, -0.2) is 0 Å². The summed E-state index contributed by atoms with van der Waals surface area (Å²) >= 11 is 0. The first-order valence-electron chi connectivity index (χ1n) is 11.1. The van der Waals surface area contributed by atoms with Crippen LogP contribution in [-0.4, -0.2) is 62.2 Å². The van der Waals surface area contributed by atoms with Crippen LogP contribution in [0.3, 0.4) is 0 Å². The highest BCUT2D eigenvalue weighted by Crippen LogP contribution is 2.25. The number of piperazine rings is 1. The minimum Gasteiger partial charge on any atom is -0.497 e. The molecule has 2 aliphatic rings. The van der Waals surface area contributed by atoms with E-state index < -0.39 is 0 Å². The van der Waals surface area contributed by atoms with Crippen molar-refractivity contribution < 1.29 is 9.15 Å². The molecule has 2 aromatic carbocycles. The molecule has 3 aromatic rings. The van der Waals surface area contributed by atoms with E-state index in [2.05, 4.69) is 63.2 Å². The van der Waals surface area contributed by atoms with Gasteiger partial charge in [-0.05, 0) is 55.8 Å². The molecule has 0 amide bonds. The van der Waals surface area contributed by atoms with Crippen LogP contribution in [0, 0.1) is 0 Å². The second-order valence-electron chi connectivity index (χ2n) is 8.50. The number of ether oxygens (including phenoxy) is 1. The van der Waals surface area contributed by atoms with Crippen LogP contribution in [0.25, 0.3) is 11.0 Å². The third-order valence-electron chi connectivity index (χ3n) is 6.60. The Balaban J connectivity index is 1.16. The lowest BCUT2D eigenvalue weighted by atomic mass is 10.0. The molecular formula is C25H31N3O2. The zero-order valence-electron chi connectivity index (χ0n) is 17.8. The number of methoxy groups -OCH3 is 1. The van der Waals surface area contributed by atoms with Gasteiger partial charge in [0, 0.05) is 49.8 Å². The summed E-state index contributed by atoms with van der Waals surface area (Å²) in [6.07, 6.45) is 2.57. The van der Waals surface area contributed by atoms with E-state index in [1.165, 1.54) is 30.5 Å². The van der Waals surface area contributed by atoms with E-state index in [4.69, 9.17) is 9.15 Å². The number of hydrogen-bond acceptors (Lipinski definition) is 5. The Morgan fingerprint density at radius 1 is 0.967 bits per heavy atom. The highest BCUT2D eigenvalue weighted by atomic mass is 16.5. The van der Waals surface area contributed by atoms with Gasteiger partial charge in [-0.1, -0.05) is 18.2 Å². The zero-order chi connectivity index (χ0) is 20.3. The molecule has 0 spiro atoms. The lowest BCUT2D eigenvalue weighted by molar-refractivity contribution is 0.0852. The zero-order valence-corrected chi connectivity index (χ0v) is 17.8. The summed E-state index contributed by atoms with van der Waals surface area (Å²) in [4.78, 5) is 7.76. The van der Waals surface area contributed by atoms with Crippen LogP contribution in [0.5, 0.6) is 5.75 Å². The first-order valence-corrected chi connectivity index (χ1v) is 11.1. The lowest BCUT2D eigenvalue weighted by Gasteiger charge is -2.43. The van der Waals surface area contributed by atoms with Gasteiger partial charge >= 0.3 is 0 Å². The van der Waals surface area contributed by atoms with Crippen molar-refractivity contribution in [1.29, 1.82) is 0 Å². The van der Waals surface area contributed by atoms with Crippen LogP contribution in [0.4, 0.5) is 5.69 Å². The summed E-state index contributed by atoms with van der Waals surface area (Å²) < 4.78 is 11.3. The molecule has 5 heteroatoms. The van der Waals surface area contributed by atoms with Crippen LogP contribution >= 0.6 is 0 Å². The molecule has 2 aliphatic heterocycles. The molecule has 158 valence electrons. The Morgan fingerprint density at radius 3 is 2.53 bits per heavy atom. The summed E-state index contributed by atoms with van der Waals surface area (Å²) in [5.41, 5.74) is 2.29. The minimum atomic E-state index is 0.654. The maximum Gasteiger partial charge on any atom is 0.134 e. The Morgan fingerprint density at radius 2 is 1.77 bits per heavy atom. The average Bonchev–Trinajstić information content (AvgIpc) is 3.22. The first-order chi connectivity index (χ1) is 14.8. The number of para-hydroxylation sites is 1. The van der Waals surface area contributed by atoms with Crippen molar-refractivity contribution in [3.05, 3.63) is 60.4 Å². The van der Waals surface area contributed by atoms with Gasteiger partial charge in [-0.2, -0.15) is 0 Å². The van der Waals surface area contributed by atoms with Gasteiger partial charge in [0.15, 0.2) is 0 Å². The topological polar surface area (TPSA) is 32.1 Å². The van der Waals surface area contributed by atoms with Gasteiger partial charge in [0.05, 0.1) is 13.7 Å². The molecule has 2 saturated heterocycles. The third kappa shape index (κ3) is 4.18. The molecule has 30 heavy (non-hydrogen) atoms. The molecule has 0 saturated carbocycles. The first kappa shape index (κ1) is 19.5. The van der Waals surface area contributed by atoms with E-state index in [1.54, 1.807) is 7.11 Å². The Hall–Kier alpha value is -2.50. The van der Waals surface area contributed by atoms with E-state index in [0.717, 1.165) is 56.4 Å². The second kappa shape index (κ2) is 8.70. The fraction of sp³-hybridized carbons (Fsp3) is 0.440. The van der Waals surface area contributed by atoms with Crippen molar-refractivity contribution in [3.63, 3.8) is 0 Å². The van der Waals surface area contributed by atoms with Crippen molar-refractivity contribution in [1.82, 2.24) is 9.80 Å². The van der Waals surface area contributed by atoms with E-state index in [-0.39, 0.29) is 0 Å². The second-order valence-corrected chi connectivity index (χ2v) is 8.50. The van der Waals surface area contributed by atoms with E-state index >= 15 is 0 Å². The number of benzene rings is 2. The molecule has 2 fully saturated rings. The molecule has 1 unspecified atom stereocenters. The van der Waals surface area contributed by atoms with E-state index in [1.807, 2.05) is 6.07 Å². The predicted molar refractivity (Wildman–Crippen MR) is 121 cm³/mol. The molecular weight excluding hydrogens is 374 g/mol. The van der Waals surface area contributed by atoms with E-state index in [0.29, 0.717) is 6.04 Å². The lowest BCUT2D eigenvalue weighted by Crippen LogP contribution is -2.55. The predicted octanol–water partition coefficient (Wildman–Crippen LogP) is 4.23. The molecule has 3 heterocycles. The number of hydrogen-bond donors (Lipinski definition) is 0. The maximum atomic E-state index is 6.06. The summed E-state index contributed by atoms with van der Waals surface area (Å²) in [5.74, 6) is 2.00. The molecule has 0 N–H and O–H groups in total. The Bertz CT molecular complexity index is 927. The Labute approximate surface area is 178 Å². The molecule has 5 rings (SSSR count). The van der Waals surface area contributed by atoms with Gasteiger partial charge in [0.2, 0.25) is 0 Å². The largest absolute Gasteiger partial charge is 0.497 e. The third-order valence-corrected chi connectivity index (χ3v) is 6.60. The normalized spacial score (nSPS) is 21.2. The summed E-state index contributed by atoms with van der Waals surface area (Å²) in [6, 6.07) is 19.6. The van der Waals surface area contributed by atoms with E-state index in [9.17, 15) is 0 Å². The fourth-order valence-electron chi connectivity index (χ4n) is 4.95. The fourth-order valence-corrected chi connectivity index (χ4v) is 4.95. The van der Waals surface area contributed by atoms with Gasteiger partial charge in [-0.3, -0.25) is 9.80 Å². The van der Waals surface area contributed by atoms with Crippen LogP contribution in [0.15, 0.2) is 59.0 Å². The molecule has 1 aromatic heterocycles. The minimum absolute atomic E-state index is 0.654. The number of nitrogens with zero attached hydrogens (tertiary/aromatic N) is 3. The van der Waals surface area contributed by atoms with Gasteiger partial charge in [-0.15, -0.1) is 0 Å². The number of likely N-dealkylation sites (tertiary alicyclic amines) is 1. The van der Waals surface area contributed by atoms with Crippen LogP contribution in [0.1, 0.15) is 18.6 Å². The highest BCUT2D eigenvalue weighted by Gasteiger charge is 2.28. The number of rotatable bonds is 5. The maximum absolute atomic E-state index is 6.06. The molecule has 0 radical (unpaired) electrons. The number of piperidine rings is 1. The van der Waals surface area contributed by atoms with Crippen LogP contribution in [0.2, 0.25) is 0 Å². The highest BCUT2D eigenvalue weighted by molar-refractivity contribution is 5.77. The molecule has 0 bridgehead atoms. The van der Waals surface area contributed by atoms with Crippen LogP contribution in [-0.2, 0) is 6.54 Å². The van der Waals surface area contributed by atoms with Gasteiger partial charge in [0.1, 0.15) is 17.1 Å². The molecule has 0 aliphatic carbocycles. The van der Waals surface area contributed by atoms with Gasteiger partial charge < -0.3 is 14.1 Å². The van der Waals surface area contributed by atoms with Crippen molar-refractivity contribution in [2.45, 2.75) is 25.4 Å². The van der Waals surface area contributed by atoms with Crippen molar-refractivity contribution in [2.24, 2.45) is 0 Å². The summed E-state index contributed by atoms with van der Waals surface area (Å²) in [5, 5.41) is 1.20. The van der Waals surface area contributed by atoms with Crippen molar-refractivity contribution in [2.75, 3.05) is 51.3 Å². The molecule has 5 nitrogen and oxygen atoms in total. The van der Waals surface area contributed by atoms with Crippen molar-refractivity contribution >= 4 is 16.7 Å². The standard InChI is InChI=1S/C25H31N3O2/c1-29-23-10-8-21(9-11-23)27-13-15-28(16-14-27)22-6-4-12-26(18-22)19-24-17-20-5-2-3-7-25(20)30-24/h2-3,5,7-11,17,22H,4,6,12-16,18-19H2,1H3. The van der Waals surface area contributed by atoms with Gasteiger partial charge in [0.25, 0.3) is 0 Å². The number of anilines is 1. The number of furan rings is 1. The molecule has 1 atom stereocenters.